The molecule has 1 saturated heterocycles. The summed E-state index contributed by atoms with van der Waals surface area (Å²) in [7, 11) is -7.58. The van der Waals surface area contributed by atoms with Gasteiger partial charge in [0.2, 0.25) is 10.0 Å². The summed E-state index contributed by atoms with van der Waals surface area (Å²) in [5.74, 6) is -0.493. The maximum Gasteiger partial charge on any atom is 0.261 e. The number of carbonyl (C=O) groups excluding carboxylic acids is 1. The van der Waals surface area contributed by atoms with Crippen LogP contribution in [-0.2, 0) is 20.0 Å². The van der Waals surface area contributed by atoms with Crippen LogP contribution in [0.3, 0.4) is 0 Å². The molecule has 0 radical (unpaired) electrons. The molecular formula is C25H26ClN3O5S2. The minimum absolute atomic E-state index is 0.00813. The fourth-order valence-electron chi connectivity index (χ4n) is 3.92. The Balaban J connectivity index is 1.51. The van der Waals surface area contributed by atoms with E-state index < -0.39 is 26.0 Å². The number of nitrogens with zero attached hydrogens (tertiary/aromatic N) is 1. The van der Waals surface area contributed by atoms with Gasteiger partial charge in [0.05, 0.1) is 20.5 Å². The van der Waals surface area contributed by atoms with E-state index in [9.17, 15) is 21.6 Å². The molecule has 3 aromatic carbocycles. The van der Waals surface area contributed by atoms with Crippen LogP contribution in [0.15, 0.2) is 76.5 Å². The standard InChI is InChI=1S/C25H26ClN3O5S2/c1-18-9-12-21(36(33,34)29-15-5-2-6-16-29)17-22(18)25(30)27-19-10-13-20(14-11-19)35(31,32)28-24-8-4-3-7-23(24)26/h3-4,7-14,17,28H,2,5-6,15-16H2,1H3,(H,27,30). The molecule has 0 unspecified atom stereocenters. The minimum Gasteiger partial charge on any atom is -0.322 e. The van der Waals surface area contributed by atoms with Gasteiger partial charge in [-0.25, -0.2) is 16.8 Å². The van der Waals surface area contributed by atoms with E-state index in [1.807, 2.05) is 0 Å². The van der Waals surface area contributed by atoms with E-state index >= 15 is 0 Å². The molecule has 1 aliphatic rings. The third kappa shape index (κ3) is 5.73. The number of anilines is 2. The van der Waals surface area contributed by atoms with E-state index in [0.29, 0.717) is 24.3 Å². The van der Waals surface area contributed by atoms with Gasteiger partial charge in [-0.3, -0.25) is 9.52 Å². The lowest BCUT2D eigenvalue weighted by atomic mass is 10.1. The lowest BCUT2D eigenvalue weighted by molar-refractivity contribution is 0.102. The monoisotopic (exact) mass is 547 g/mol. The lowest BCUT2D eigenvalue weighted by Gasteiger charge is -2.26. The predicted molar refractivity (Wildman–Crippen MR) is 140 cm³/mol. The number of nitrogens with one attached hydrogen (secondary N) is 2. The van der Waals surface area contributed by atoms with Gasteiger partial charge in [-0.05, 0) is 73.9 Å². The van der Waals surface area contributed by atoms with Crippen LogP contribution in [0.5, 0.6) is 0 Å². The van der Waals surface area contributed by atoms with Crippen LogP contribution < -0.4 is 10.0 Å². The van der Waals surface area contributed by atoms with Crippen LogP contribution in [0.1, 0.15) is 35.2 Å². The van der Waals surface area contributed by atoms with E-state index in [-0.39, 0.29) is 26.1 Å². The second-order valence-corrected chi connectivity index (χ2v) is 12.5. The SMILES string of the molecule is Cc1ccc(S(=O)(=O)N2CCCCC2)cc1C(=O)Nc1ccc(S(=O)(=O)Nc2ccccc2Cl)cc1. The molecule has 1 fully saturated rings. The van der Waals surface area contributed by atoms with Gasteiger partial charge in [-0.2, -0.15) is 4.31 Å². The highest BCUT2D eigenvalue weighted by Crippen LogP contribution is 2.26. The van der Waals surface area contributed by atoms with Gasteiger partial charge in [0.1, 0.15) is 0 Å². The van der Waals surface area contributed by atoms with E-state index in [4.69, 9.17) is 11.6 Å². The fraction of sp³-hybridized carbons (Fsp3) is 0.240. The van der Waals surface area contributed by atoms with Gasteiger partial charge in [-0.1, -0.05) is 36.2 Å². The molecule has 2 N–H and O–H groups in total. The van der Waals surface area contributed by atoms with Crippen molar-refractivity contribution in [3.8, 4) is 0 Å². The summed E-state index contributed by atoms with van der Waals surface area (Å²) in [4.78, 5) is 13.1. The number of benzene rings is 3. The minimum atomic E-state index is -3.89. The molecule has 11 heteroatoms. The van der Waals surface area contributed by atoms with E-state index in [1.54, 1.807) is 37.3 Å². The summed E-state index contributed by atoms with van der Waals surface area (Å²) >= 11 is 6.04. The van der Waals surface area contributed by atoms with Crippen molar-refractivity contribution in [1.82, 2.24) is 4.31 Å². The second kappa shape index (κ2) is 10.6. The highest BCUT2D eigenvalue weighted by atomic mass is 35.5. The first kappa shape index (κ1) is 26.2. The molecule has 3 aromatic rings. The second-order valence-electron chi connectivity index (χ2n) is 8.51. The number of piperidine rings is 1. The molecule has 0 saturated carbocycles. The summed E-state index contributed by atoms with van der Waals surface area (Å²) < 4.78 is 55.4. The van der Waals surface area contributed by atoms with Gasteiger partial charge in [0.15, 0.2) is 0 Å². The van der Waals surface area contributed by atoms with Crippen LogP contribution in [-0.4, -0.2) is 40.1 Å². The van der Waals surface area contributed by atoms with Crippen LogP contribution in [0.25, 0.3) is 0 Å². The first-order valence-electron chi connectivity index (χ1n) is 11.4. The van der Waals surface area contributed by atoms with Crippen molar-refractivity contribution in [2.45, 2.75) is 36.0 Å². The zero-order valence-electron chi connectivity index (χ0n) is 19.6. The van der Waals surface area contributed by atoms with Gasteiger partial charge in [-0.15, -0.1) is 0 Å². The number of para-hydroxylation sites is 1. The first-order chi connectivity index (χ1) is 17.1. The van der Waals surface area contributed by atoms with Gasteiger partial charge >= 0.3 is 0 Å². The Morgan fingerprint density at radius 1 is 0.861 bits per heavy atom. The Kier molecular flexibility index (Phi) is 7.70. The number of hydrogen-bond donors (Lipinski definition) is 2. The molecule has 0 aromatic heterocycles. The van der Waals surface area contributed by atoms with E-state index in [0.717, 1.165) is 19.3 Å². The van der Waals surface area contributed by atoms with Crippen molar-refractivity contribution in [2.24, 2.45) is 0 Å². The molecule has 4 rings (SSSR count). The first-order valence-corrected chi connectivity index (χ1v) is 14.7. The highest BCUT2D eigenvalue weighted by Gasteiger charge is 2.27. The Labute approximate surface area is 216 Å². The van der Waals surface area contributed by atoms with Gasteiger partial charge in [0, 0.05) is 24.3 Å². The molecule has 36 heavy (non-hydrogen) atoms. The lowest BCUT2D eigenvalue weighted by Crippen LogP contribution is -2.35. The summed E-state index contributed by atoms with van der Waals surface area (Å²) in [6.07, 6.45) is 2.64. The van der Waals surface area contributed by atoms with Crippen molar-refractivity contribution in [3.63, 3.8) is 0 Å². The maximum atomic E-state index is 13.0. The van der Waals surface area contributed by atoms with Crippen LogP contribution in [0, 0.1) is 6.92 Å². The van der Waals surface area contributed by atoms with Crippen molar-refractivity contribution in [3.05, 3.63) is 82.9 Å². The molecule has 0 spiro atoms. The fourth-order valence-corrected chi connectivity index (χ4v) is 6.79. The Morgan fingerprint density at radius 3 is 2.17 bits per heavy atom. The zero-order valence-corrected chi connectivity index (χ0v) is 22.0. The molecule has 0 atom stereocenters. The molecule has 190 valence electrons. The smallest absolute Gasteiger partial charge is 0.261 e. The average Bonchev–Trinajstić information content (AvgIpc) is 2.86. The number of sulfonamides is 2. The topological polar surface area (TPSA) is 113 Å². The summed E-state index contributed by atoms with van der Waals surface area (Å²) in [6, 6.07) is 16.6. The van der Waals surface area contributed by atoms with Crippen molar-refractivity contribution < 1.29 is 21.6 Å². The normalized spacial score (nSPS) is 14.8. The molecule has 1 heterocycles. The van der Waals surface area contributed by atoms with Crippen molar-refractivity contribution in [1.29, 1.82) is 0 Å². The largest absolute Gasteiger partial charge is 0.322 e. The Bertz CT molecular complexity index is 1480. The number of hydrogen-bond acceptors (Lipinski definition) is 5. The summed E-state index contributed by atoms with van der Waals surface area (Å²) in [5, 5.41) is 2.98. The molecule has 0 bridgehead atoms. The summed E-state index contributed by atoms with van der Waals surface area (Å²) in [5.41, 5.74) is 1.46. The highest BCUT2D eigenvalue weighted by molar-refractivity contribution is 7.92. The number of rotatable bonds is 7. The average molecular weight is 548 g/mol. The maximum absolute atomic E-state index is 13.0. The zero-order chi connectivity index (χ0) is 25.9. The van der Waals surface area contributed by atoms with Crippen LogP contribution in [0.4, 0.5) is 11.4 Å². The van der Waals surface area contributed by atoms with E-state index in [1.165, 1.54) is 40.7 Å². The number of halogens is 1. The van der Waals surface area contributed by atoms with Crippen LogP contribution >= 0.6 is 11.6 Å². The third-order valence-electron chi connectivity index (χ3n) is 5.95. The Morgan fingerprint density at radius 2 is 1.50 bits per heavy atom. The van der Waals surface area contributed by atoms with Crippen molar-refractivity contribution >= 4 is 48.9 Å². The predicted octanol–water partition coefficient (Wildman–Crippen LogP) is 4.88. The number of aryl methyl sites for hydroxylation is 1. The molecule has 1 amide bonds. The number of amides is 1. The molecule has 0 aliphatic carbocycles. The van der Waals surface area contributed by atoms with Gasteiger partial charge < -0.3 is 5.32 Å². The Hall–Kier alpha value is -2.92. The van der Waals surface area contributed by atoms with Gasteiger partial charge in [0.25, 0.3) is 15.9 Å². The van der Waals surface area contributed by atoms with Crippen molar-refractivity contribution in [2.75, 3.05) is 23.1 Å². The molecule has 1 aliphatic heterocycles. The third-order valence-corrected chi connectivity index (χ3v) is 9.55. The molecule has 8 nitrogen and oxygen atoms in total. The number of carbonyl (C=O) groups is 1. The quantitative estimate of drug-likeness (QED) is 0.438. The molecular weight excluding hydrogens is 522 g/mol. The van der Waals surface area contributed by atoms with E-state index in [2.05, 4.69) is 10.0 Å². The summed E-state index contributed by atoms with van der Waals surface area (Å²) in [6.45, 7) is 2.67. The van der Waals surface area contributed by atoms with Crippen LogP contribution in [0.2, 0.25) is 5.02 Å².